The van der Waals surface area contributed by atoms with Crippen molar-refractivity contribution in [3.63, 3.8) is 0 Å². The van der Waals surface area contributed by atoms with Crippen molar-refractivity contribution in [1.82, 2.24) is 5.32 Å². The lowest BCUT2D eigenvalue weighted by molar-refractivity contribution is -0.122. The molecule has 0 aromatic heterocycles. The third kappa shape index (κ3) is 7.72. The summed E-state index contributed by atoms with van der Waals surface area (Å²) in [6, 6.07) is 8.18. The minimum absolute atomic E-state index is 0.0869. The minimum atomic E-state index is -3.11. The molecule has 1 unspecified atom stereocenters. The first-order valence-electron chi connectivity index (χ1n) is 9.06. The second-order valence-corrected chi connectivity index (χ2v) is 8.71. The van der Waals surface area contributed by atoms with Crippen molar-refractivity contribution in [3.05, 3.63) is 35.4 Å². The fourth-order valence-corrected chi connectivity index (χ4v) is 4.10. The topological polar surface area (TPSA) is 64.6 Å². The maximum Gasteiger partial charge on any atom is 0.332 e. The van der Waals surface area contributed by atoms with Crippen LogP contribution in [0, 0.1) is 5.92 Å². The van der Waals surface area contributed by atoms with Crippen LogP contribution in [0.25, 0.3) is 0 Å². The van der Waals surface area contributed by atoms with Gasteiger partial charge >= 0.3 is 7.60 Å². The third-order valence-electron chi connectivity index (χ3n) is 3.85. The second kappa shape index (κ2) is 10.7. The zero-order valence-electron chi connectivity index (χ0n) is 16.1. The summed E-state index contributed by atoms with van der Waals surface area (Å²) in [6.07, 6.45) is 1.21. The molecule has 1 aromatic carbocycles. The monoisotopic (exact) mass is 369 g/mol. The van der Waals surface area contributed by atoms with Gasteiger partial charge in [0.15, 0.2) is 0 Å². The van der Waals surface area contributed by atoms with Crippen molar-refractivity contribution >= 4 is 13.5 Å². The Kier molecular flexibility index (Phi) is 9.41. The fraction of sp³-hybridized carbons (Fsp3) is 0.632. The molecule has 142 valence electrons. The number of nitrogens with one attached hydrogen (secondary N) is 1. The van der Waals surface area contributed by atoms with Gasteiger partial charge in [0.05, 0.1) is 25.3 Å². The SMILES string of the molecule is CCOP(=O)(CCNC(=O)C(C)c1ccc(CC(C)C)cc1)OCC. The Hall–Kier alpha value is -1.16. The Bertz CT molecular complexity index is 561. The summed E-state index contributed by atoms with van der Waals surface area (Å²) >= 11 is 0. The lowest BCUT2D eigenvalue weighted by Gasteiger charge is -2.18. The number of benzene rings is 1. The van der Waals surface area contributed by atoms with E-state index in [4.69, 9.17) is 9.05 Å². The van der Waals surface area contributed by atoms with Crippen LogP contribution >= 0.6 is 7.60 Å². The van der Waals surface area contributed by atoms with Gasteiger partial charge in [0.1, 0.15) is 0 Å². The first-order valence-corrected chi connectivity index (χ1v) is 10.8. The number of hydrogen-bond donors (Lipinski definition) is 1. The van der Waals surface area contributed by atoms with Crippen LogP contribution in [0.15, 0.2) is 24.3 Å². The van der Waals surface area contributed by atoms with Crippen LogP contribution in [0.3, 0.4) is 0 Å². The summed E-state index contributed by atoms with van der Waals surface area (Å²) in [4.78, 5) is 12.3. The first kappa shape index (κ1) is 21.9. The third-order valence-corrected chi connectivity index (χ3v) is 5.93. The minimum Gasteiger partial charge on any atom is -0.355 e. The molecule has 1 atom stereocenters. The van der Waals surface area contributed by atoms with Crippen molar-refractivity contribution in [1.29, 1.82) is 0 Å². The molecule has 0 saturated heterocycles. The number of hydrogen-bond acceptors (Lipinski definition) is 4. The lowest BCUT2D eigenvalue weighted by Crippen LogP contribution is -2.30. The predicted octanol–water partition coefficient (Wildman–Crippen LogP) is 4.37. The molecule has 0 spiro atoms. The van der Waals surface area contributed by atoms with Crippen LogP contribution in [0.5, 0.6) is 0 Å². The molecule has 0 heterocycles. The number of carbonyl (C=O) groups excluding carboxylic acids is 1. The standard InChI is InChI=1S/C19H32NO4P/c1-6-23-25(22,24-7-2)13-12-20-19(21)16(5)18-10-8-17(9-11-18)14-15(3)4/h8-11,15-16H,6-7,12-14H2,1-5H3,(H,20,21). The van der Waals surface area contributed by atoms with E-state index in [2.05, 4.69) is 31.3 Å². The molecule has 0 radical (unpaired) electrons. The molecule has 0 aliphatic rings. The van der Waals surface area contributed by atoms with Crippen LogP contribution in [0.2, 0.25) is 0 Å². The number of rotatable bonds is 11. The van der Waals surface area contributed by atoms with Crippen molar-refractivity contribution in [3.8, 4) is 0 Å². The van der Waals surface area contributed by atoms with Gasteiger partial charge in [-0.2, -0.15) is 0 Å². The maximum atomic E-state index is 12.4. The quantitative estimate of drug-likeness (QED) is 0.588. The van der Waals surface area contributed by atoms with Crippen molar-refractivity contribution < 1.29 is 18.4 Å². The van der Waals surface area contributed by atoms with Crippen molar-refractivity contribution in [2.45, 2.75) is 47.0 Å². The molecule has 0 saturated carbocycles. The van der Waals surface area contributed by atoms with Gasteiger partial charge in [0, 0.05) is 6.54 Å². The van der Waals surface area contributed by atoms with Crippen LogP contribution < -0.4 is 5.32 Å². The molecule has 0 aliphatic carbocycles. The molecule has 25 heavy (non-hydrogen) atoms. The summed E-state index contributed by atoms with van der Waals surface area (Å²) in [5, 5.41) is 2.83. The van der Waals surface area contributed by atoms with Gasteiger partial charge in [-0.25, -0.2) is 0 Å². The highest BCUT2D eigenvalue weighted by Gasteiger charge is 2.24. The Balaban J connectivity index is 2.55. The van der Waals surface area contributed by atoms with Gasteiger partial charge in [-0.15, -0.1) is 0 Å². The summed E-state index contributed by atoms with van der Waals surface area (Å²) in [5.74, 6) is 0.265. The summed E-state index contributed by atoms with van der Waals surface area (Å²) < 4.78 is 22.8. The molecule has 1 N–H and O–H groups in total. The van der Waals surface area contributed by atoms with Gasteiger partial charge in [-0.3, -0.25) is 9.36 Å². The van der Waals surface area contributed by atoms with E-state index in [0.717, 1.165) is 12.0 Å². The molecule has 0 fully saturated rings. The smallest absolute Gasteiger partial charge is 0.332 e. The molecular weight excluding hydrogens is 337 g/mol. The van der Waals surface area contributed by atoms with Crippen molar-refractivity contribution in [2.24, 2.45) is 5.92 Å². The second-order valence-electron chi connectivity index (χ2n) is 6.52. The molecule has 0 bridgehead atoms. The Morgan fingerprint density at radius 1 is 1.08 bits per heavy atom. The molecule has 6 heteroatoms. The molecule has 5 nitrogen and oxygen atoms in total. The predicted molar refractivity (Wildman–Crippen MR) is 102 cm³/mol. The van der Waals surface area contributed by atoms with E-state index in [-0.39, 0.29) is 24.5 Å². The summed E-state index contributed by atoms with van der Waals surface area (Å²) in [5.41, 5.74) is 2.25. The Morgan fingerprint density at radius 3 is 2.12 bits per heavy atom. The lowest BCUT2D eigenvalue weighted by atomic mass is 9.96. The summed E-state index contributed by atoms with van der Waals surface area (Å²) in [6.45, 7) is 10.7. The van der Waals surface area contributed by atoms with Crippen LogP contribution in [-0.4, -0.2) is 31.8 Å². The van der Waals surface area contributed by atoms with Gasteiger partial charge in [0.2, 0.25) is 5.91 Å². The molecule has 0 aliphatic heterocycles. The van der Waals surface area contributed by atoms with E-state index in [0.29, 0.717) is 19.1 Å². The zero-order chi connectivity index (χ0) is 18.9. The van der Waals surface area contributed by atoms with Crippen LogP contribution in [0.1, 0.15) is 51.7 Å². The largest absolute Gasteiger partial charge is 0.355 e. The molecular formula is C19H32NO4P. The highest BCUT2D eigenvalue weighted by Crippen LogP contribution is 2.47. The Labute approximate surface area is 152 Å². The summed E-state index contributed by atoms with van der Waals surface area (Å²) in [7, 11) is -3.11. The van der Waals surface area contributed by atoms with Gasteiger partial charge in [0.25, 0.3) is 0 Å². The Morgan fingerprint density at radius 2 is 1.64 bits per heavy atom. The van der Waals surface area contributed by atoms with Gasteiger partial charge in [-0.05, 0) is 44.2 Å². The fourth-order valence-electron chi connectivity index (χ4n) is 2.59. The highest BCUT2D eigenvalue weighted by molar-refractivity contribution is 7.53. The van der Waals surface area contributed by atoms with E-state index < -0.39 is 7.60 Å². The molecule has 1 aromatic rings. The number of amides is 1. The number of carbonyl (C=O) groups is 1. The normalized spacial score (nSPS) is 13.0. The highest BCUT2D eigenvalue weighted by atomic mass is 31.2. The average molecular weight is 369 g/mol. The van der Waals surface area contributed by atoms with Crippen LogP contribution in [0.4, 0.5) is 0 Å². The average Bonchev–Trinajstić information content (AvgIpc) is 2.54. The van der Waals surface area contributed by atoms with Gasteiger partial charge < -0.3 is 14.4 Å². The molecule has 1 rings (SSSR count). The maximum absolute atomic E-state index is 12.4. The van der Waals surface area contributed by atoms with E-state index in [1.54, 1.807) is 13.8 Å². The molecule has 1 amide bonds. The van der Waals surface area contributed by atoms with E-state index in [1.807, 2.05) is 19.1 Å². The van der Waals surface area contributed by atoms with E-state index in [9.17, 15) is 9.36 Å². The zero-order valence-corrected chi connectivity index (χ0v) is 17.0. The van der Waals surface area contributed by atoms with Gasteiger partial charge in [-0.1, -0.05) is 38.1 Å². The van der Waals surface area contributed by atoms with Crippen molar-refractivity contribution in [2.75, 3.05) is 25.9 Å². The van der Waals surface area contributed by atoms with Crippen LogP contribution in [-0.2, 0) is 24.8 Å². The van der Waals surface area contributed by atoms with E-state index in [1.165, 1.54) is 5.56 Å². The first-order chi connectivity index (χ1) is 11.8. The van der Waals surface area contributed by atoms with E-state index >= 15 is 0 Å².